The second-order valence-electron chi connectivity index (χ2n) is 4.14. The standard InChI is InChI=1S/C15H13BrN2O3/c1-2-21-15(20)10-3-5-13(6-4-10)18-14(19)11-7-12(16)9-17-8-11/h3-9H,2H2,1H3,(H,18,19). The predicted molar refractivity (Wildman–Crippen MR) is 82.3 cm³/mol. The normalized spacial score (nSPS) is 10.0. The Morgan fingerprint density at radius 3 is 2.52 bits per heavy atom. The molecule has 1 N–H and O–H groups in total. The van der Waals surface area contributed by atoms with E-state index in [1.807, 2.05) is 0 Å². The maximum Gasteiger partial charge on any atom is 0.338 e. The number of aromatic nitrogens is 1. The number of nitrogens with one attached hydrogen (secondary N) is 1. The van der Waals surface area contributed by atoms with Crippen molar-refractivity contribution in [2.45, 2.75) is 6.92 Å². The zero-order chi connectivity index (χ0) is 15.2. The Hall–Kier alpha value is -2.21. The lowest BCUT2D eigenvalue weighted by atomic mass is 10.2. The van der Waals surface area contributed by atoms with E-state index in [2.05, 4.69) is 26.2 Å². The molecule has 1 aromatic heterocycles. The molecule has 0 bridgehead atoms. The van der Waals surface area contributed by atoms with Gasteiger partial charge in [-0.1, -0.05) is 0 Å². The first kappa shape index (κ1) is 15.2. The number of anilines is 1. The summed E-state index contributed by atoms with van der Waals surface area (Å²) < 4.78 is 5.62. The number of amides is 1. The highest BCUT2D eigenvalue weighted by molar-refractivity contribution is 9.10. The van der Waals surface area contributed by atoms with Gasteiger partial charge < -0.3 is 10.1 Å². The molecule has 0 radical (unpaired) electrons. The van der Waals surface area contributed by atoms with Gasteiger partial charge in [-0.3, -0.25) is 9.78 Å². The van der Waals surface area contributed by atoms with Gasteiger partial charge in [-0.15, -0.1) is 0 Å². The molecule has 108 valence electrons. The van der Waals surface area contributed by atoms with Crippen LogP contribution in [0, 0.1) is 0 Å². The van der Waals surface area contributed by atoms with Gasteiger partial charge in [0.25, 0.3) is 5.91 Å². The third-order valence-electron chi connectivity index (χ3n) is 2.62. The van der Waals surface area contributed by atoms with Gasteiger partial charge in [-0.2, -0.15) is 0 Å². The summed E-state index contributed by atoms with van der Waals surface area (Å²) in [4.78, 5) is 27.5. The fraction of sp³-hybridized carbons (Fsp3) is 0.133. The van der Waals surface area contributed by atoms with E-state index in [0.717, 1.165) is 4.47 Å². The molecule has 2 aromatic rings. The van der Waals surface area contributed by atoms with E-state index >= 15 is 0 Å². The topological polar surface area (TPSA) is 68.3 Å². The van der Waals surface area contributed by atoms with Crippen LogP contribution in [0.4, 0.5) is 5.69 Å². The lowest BCUT2D eigenvalue weighted by Gasteiger charge is -2.06. The summed E-state index contributed by atoms with van der Waals surface area (Å²) in [5, 5.41) is 2.73. The van der Waals surface area contributed by atoms with Crippen LogP contribution in [0.5, 0.6) is 0 Å². The molecule has 0 unspecified atom stereocenters. The number of hydrogen-bond acceptors (Lipinski definition) is 4. The lowest BCUT2D eigenvalue weighted by Crippen LogP contribution is -2.12. The first-order valence-electron chi connectivity index (χ1n) is 6.29. The number of halogens is 1. The summed E-state index contributed by atoms with van der Waals surface area (Å²) in [6.45, 7) is 2.08. The van der Waals surface area contributed by atoms with E-state index in [9.17, 15) is 9.59 Å². The summed E-state index contributed by atoms with van der Waals surface area (Å²) in [6.07, 6.45) is 3.08. The Bertz CT molecular complexity index is 656. The molecule has 0 saturated carbocycles. The van der Waals surface area contributed by atoms with Crippen molar-refractivity contribution in [1.82, 2.24) is 4.98 Å². The average Bonchev–Trinajstić information content (AvgIpc) is 2.48. The Labute approximate surface area is 130 Å². The van der Waals surface area contributed by atoms with E-state index in [1.165, 1.54) is 6.20 Å². The molecule has 1 amide bonds. The maximum absolute atomic E-state index is 12.0. The van der Waals surface area contributed by atoms with Crippen LogP contribution in [0.25, 0.3) is 0 Å². The number of carbonyl (C=O) groups excluding carboxylic acids is 2. The smallest absolute Gasteiger partial charge is 0.338 e. The van der Waals surface area contributed by atoms with Crippen LogP contribution in [-0.4, -0.2) is 23.5 Å². The average molecular weight is 349 g/mol. The Morgan fingerprint density at radius 1 is 1.19 bits per heavy atom. The van der Waals surface area contributed by atoms with E-state index in [0.29, 0.717) is 23.4 Å². The van der Waals surface area contributed by atoms with Crippen molar-refractivity contribution < 1.29 is 14.3 Å². The van der Waals surface area contributed by atoms with Crippen LogP contribution < -0.4 is 5.32 Å². The van der Waals surface area contributed by atoms with Crippen molar-refractivity contribution in [2.24, 2.45) is 0 Å². The Balaban J connectivity index is 2.06. The quantitative estimate of drug-likeness (QED) is 0.861. The Kier molecular flexibility index (Phi) is 5.05. The van der Waals surface area contributed by atoms with Crippen molar-refractivity contribution in [3.05, 3.63) is 58.3 Å². The molecular formula is C15H13BrN2O3. The van der Waals surface area contributed by atoms with Crippen LogP contribution >= 0.6 is 15.9 Å². The van der Waals surface area contributed by atoms with Gasteiger partial charge in [0.05, 0.1) is 17.7 Å². The molecule has 0 aliphatic carbocycles. The molecule has 5 nitrogen and oxygen atoms in total. The molecule has 1 heterocycles. The van der Waals surface area contributed by atoms with Gasteiger partial charge >= 0.3 is 5.97 Å². The van der Waals surface area contributed by atoms with Gasteiger partial charge in [0.2, 0.25) is 0 Å². The first-order valence-corrected chi connectivity index (χ1v) is 7.08. The number of carbonyl (C=O) groups is 2. The third-order valence-corrected chi connectivity index (χ3v) is 3.05. The zero-order valence-electron chi connectivity index (χ0n) is 11.3. The Morgan fingerprint density at radius 2 is 1.90 bits per heavy atom. The summed E-state index contributed by atoms with van der Waals surface area (Å²) >= 11 is 3.26. The van der Waals surface area contributed by atoms with Crippen molar-refractivity contribution in [1.29, 1.82) is 0 Å². The molecular weight excluding hydrogens is 336 g/mol. The largest absolute Gasteiger partial charge is 0.462 e. The van der Waals surface area contributed by atoms with Crippen LogP contribution in [-0.2, 0) is 4.74 Å². The molecule has 2 rings (SSSR count). The lowest BCUT2D eigenvalue weighted by molar-refractivity contribution is 0.0526. The summed E-state index contributed by atoms with van der Waals surface area (Å²) in [5.74, 6) is -0.653. The monoisotopic (exact) mass is 348 g/mol. The van der Waals surface area contributed by atoms with Crippen molar-refractivity contribution in [3.8, 4) is 0 Å². The second kappa shape index (κ2) is 6.99. The molecule has 0 spiro atoms. The molecule has 0 atom stereocenters. The second-order valence-corrected chi connectivity index (χ2v) is 5.06. The highest BCUT2D eigenvalue weighted by Gasteiger charge is 2.09. The number of hydrogen-bond donors (Lipinski definition) is 1. The van der Waals surface area contributed by atoms with Crippen LogP contribution in [0.15, 0.2) is 47.2 Å². The van der Waals surface area contributed by atoms with E-state index in [-0.39, 0.29) is 11.9 Å². The van der Waals surface area contributed by atoms with Gasteiger partial charge in [-0.25, -0.2) is 4.79 Å². The van der Waals surface area contributed by atoms with E-state index in [1.54, 1.807) is 43.5 Å². The van der Waals surface area contributed by atoms with Crippen LogP contribution in [0.2, 0.25) is 0 Å². The fourth-order valence-electron chi connectivity index (χ4n) is 1.64. The van der Waals surface area contributed by atoms with Gasteiger partial charge in [-0.05, 0) is 53.2 Å². The zero-order valence-corrected chi connectivity index (χ0v) is 12.9. The number of nitrogens with zero attached hydrogens (tertiary/aromatic N) is 1. The highest BCUT2D eigenvalue weighted by Crippen LogP contribution is 2.14. The summed E-state index contributed by atoms with van der Waals surface area (Å²) in [5.41, 5.74) is 1.48. The van der Waals surface area contributed by atoms with Gasteiger partial charge in [0.15, 0.2) is 0 Å². The number of benzene rings is 1. The van der Waals surface area contributed by atoms with Gasteiger partial charge in [0.1, 0.15) is 0 Å². The van der Waals surface area contributed by atoms with Crippen molar-refractivity contribution >= 4 is 33.5 Å². The first-order chi connectivity index (χ1) is 10.1. The minimum atomic E-state index is -0.383. The van der Waals surface area contributed by atoms with Crippen LogP contribution in [0.3, 0.4) is 0 Å². The highest BCUT2D eigenvalue weighted by atomic mass is 79.9. The SMILES string of the molecule is CCOC(=O)c1ccc(NC(=O)c2cncc(Br)c2)cc1. The van der Waals surface area contributed by atoms with Gasteiger partial charge in [0, 0.05) is 22.6 Å². The number of rotatable bonds is 4. The minimum Gasteiger partial charge on any atom is -0.462 e. The summed E-state index contributed by atoms with van der Waals surface area (Å²) in [6, 6.07) is 8.18. The number of pyridine rings is 1. The molecule has 0 aliphatic heterocycles. The number of ether oxygens (including phenoxy) is 1. The predicted octanol–water partition coefficient (Wildman–Crippen LogP) is 3.27. The summed E-state index contributed by atoms with van der Waals surface area (Å²) in [7, 11) is 0. The molecule has 21 heavy (non-hydrogen) atoms. The molecule has 0 fully saturated rings. The number of esters is 1. The van der Waals surface area contributed by atoms with Crippen molar-refractivity contribution in [2.75, 3.05) is 11.9 Å². The fourth-order valence-corrected chi connectivity index (χ4v) is 2.01. The van der Waals surface area contributed by atoms with Crippen molar-refractivity contribution in [3.63, 3.8) is 0 Å². The molecule has 0 saturated heterocycles. The van der Waals surface area contributed by atoms with E-state index < -0.39 is 0 Å². The minimum absolute atomic E-state index is 0.271. The maximum atomic E-state index is 12.0. The molecule has 6 heteroatoms. The third kappa shape index (κ3) is 4.13. The molecule has 1 aromatic carbocycles. The van der Waals surface area contributed by atoms with Crippen LogP contribution in [0.1, 0.15) is 27.6 Å². The molecule has 0 aliphatic rings. The van der Waals surface area contributed by atoms with E-state index in [4.69, 9.17) is 4.74 Å².